The zero-order chi connectivity index (χ0) is 16.0. The van der Waals surface area contributed by atoms with Gasteiger partial charge >= 0.3 is 0 Å². The lowest BCUT2D eigenvalue weighted by Gasteiger charge is -2.22. The van der Waals surface area contributed by atoms with Crippen LogP contribution in [-0.2, 0) is 0 Å². The van der Waals surface area contributed by atoms with E-state index in [-0.39, 0.29) is 11.8 Å². The fourth-order valence-electron chi connectivity index (χ4n) is 2.10. The fourth-order valence-corrected chi connectivity index (χ4v) is 2.10. The van der Waals surface area contributed by atoms with Crippen molar-refractivity contribution in [3.8, 4) is 17.2 Å². The van der Waals surface area contributed by atoms with Crippen LogP contribution >= 0.6 is 0 Å². The SMILES string of the molecule is COc1ccc(C(=O)N(C)CC(C)CN)c(OC)c1OC. The summed E-state index contributed by atoms with van der Waals surface area (Å²) in [4.78, 5) is 14.2. The molecule has 0 saturated heterocycles. The molecule has 1 amide bonds. The first-order chi connectivity index (χ1) is 9.99. The van der Waals surface area contributed by atoms with Crippen LogP contribution in [0.4, 0.5) is 0 Å². The number of rotatable bonds is 7. The summed E-state index contributed by atoms with van der Waals surface area (Å²) in [5, 5.41) is 0. The molecule has 1 aromatic carbocycles. The van der Waals surface area contributed by atoms with E-state index in [1.54, 1.807) is 24.1 Å². The van der Waals surface area contributed by atoms with Crippen LogP contribution in [0.2, 0.25) is 0 Å². The highest BCUT2D eigenvalue weighted by atomic mass is 16.5. The van der Waals surface area contributed by atoms with Crippen LogP contribution < -0.4 is 19.9 Å². The minimum Gasteiger partial charge on any atom is -0.493 e. The van der Waals surface area contributed by atoms with Crippen LogP contribution in [0.5, 0.6) is 17.2 Å². The van der Waals surface area contributed by atoms with Crippen LogP contribution in [0.25, 0.3) is 0 Å². The van der Waals surface area contributed by atoms with Crippen LogP contribution in [0.15, 0.2) is 12.1 Å². The maximum Gasteiger partial charge on any atom is 0.257 e. The van der Waals surface area contributed by atoms with Gasteiger partial charge in [-0.3, -0.25) is 4.79 Å². The molecular weight excluding hydrogens is 272 g/mol. The van der Waals surface area contributed by atoms with E-state index >= 15 is 0 Å². The van der Waals surface area contributed by atoms with Crippen molar-refractivity contribution < 1.29 is 19.0 Å². The summed E-state index contributed by atoms with van der Waals surface area (Å²) in [5.74, 6) is 1.38. The summed E-state index contributed by atoms with van der Waals surface area (Å²) >= 11 is 0. The highest BCUT2D eigenvalue weighted by Crippen LogP contribution is 2.40. The number of ether oxygens (including phenoxy) is 3. The van der Waals surface area contributed by atoms with E-state index in [4.69, 9.17) is 19.9 Å². The zero-order valence-electron chi connectivity index (χ0n) is 13.3. The molecule has 0 radical (unpaired) electrons. The van der Waals surface area contributed by atoms with Crippen molar-refractivity contribution >= 4 is 5.91 Å². The Morgan fingerprint density at radius 2 is 1.81 bits per heavy atom. The van der Waals surface area contributed by atoms with Crippen molar-refractivity contribution in [3.05, 3.63) is 17.7 Å². The highest BCUT2D eigenvalue weighted by molar-refractivity contribution is 5.98. The molecule has 21 heavy (non-hydrogen) atoms. The molecule has 0 aromatic heterocycles. The van der Waals surface area contributed by atoms with Gasteiger partial charge in [0.15, 0.2) is 11.5 Å². The van der Waals surface area contributed by atoms with E-state index in [1.807, 2.05) is 6.92 Å². The molecule has 0 aliphatic carbocycles. The summed E-state index contributed by atoms with van der Waals surface area (Å²) in [6.07, 6.45) is 0. The summed E-state index contributed by atoms with van der Waals surface area (Å²) < 4.78 is 15.8. The second kappa shape index (κ2) is 7.73. The molecule has 0 saturated carbocycles. The van der Waals surface area contributed by atoms with Gasteiger partial charge in [-0.05, 0) is 24.6 Å². The van der Waals surface area contributed by atoms with E-state index < -0.39 is 0 Å². The molecule has 0 aliphatic heterocycles. The molecule has 1 atom stereocenters. The quantitative estimate of drug-likeness (QED) is 0.823. The molecule has 0 heterocycles. The van der Waals surface area contributed by atoms with Crippen molar-refractivity contribution in [2.45, 2.75) is 6.92 Å². The van der Waals surface area contributed by atoms with Crippen molar-refractivity contribution in [1.29, 1.82) is 0 Å². The van der Waals surface area contributed by atoms with Gasteiger partial charge in [0.25, 0.3) is 5.91 Å². The molecule has 2 N–H and O–H groups in total. The van der Waals surface area contributed by atoms with Gasteiger partial charge in [-0.2, -0.15) is 0 Å². The van der Waals surface area contributed by atoms with Crippen molar-refractivity contribution in [1.82, 2.24) is 4.90 Å². The van der Waals surface area contributed by atoms with Gasteiger partial charge in [-0.25, -0.2) is 0 Å². The monoisotopic (exact) mass is 296 g/mol. The van der Waals surface area contributed by atoms with Crippen LogP contribution in [-0.4, -0.2) is 52.3 Å². The van der Waals surface area contributed by atoms with Gasteiger partial charge in [0, 0.05) is 13.6 Å². The number of carbonyl (C=O) groups is 1. The van der Waals surface area contributed by atoms with Crippen molar-refractivity contribution in [3.63, 3.8) is 0 Å². The topological polar surface area (TPSA) is 74.0 Å². The average molecular weight is 296 g/mol. The van der Waals surface area contributed by atoms with Gasteiger partial charge in [0.1, 0.15) is 0 Å². The Bertz CT molecular complexity index is 491. The summed E-state index contributed by atoms with van der Waals surface area (Å²) in [6.45, 7) is 3.10. The van der Waals surface area contributed by atoms with Crippen LogP contribution in [0.3, 0.4) is 0 Å². The number of carbonyl (C=O) groups excluding carboxylic acids is 1. The molecule has 1 unspecified atom stereocenters. The molecule has 1 rings (SSSR count). The third kappa shape index (κ3) is 3.78. The predicted molar refractivity (Wildman–Crippen MR) is 81.3 cm³/mol. The van der Waals surface area contributed by atoms with Crippen molar-refractivity contribution in [2.24, 2.45) is 11.7 Å². The number of nitrogens with two attached hydrogens (primary N) is 1. The Morgan fingerprint density at radius 1 is 1.19 bits per heavy atom. The van der Waals surface area contributed by atoms with E-state index in [0.29, 0.717) is 35.9 Å². The smallest absolute Gasteiger partial charge is 0.257 e. The van der Waals surface area contributed by atoms with E-state index in [9.17, 15) is 4.79 Å². The maximum absolute atomic E-state index is 12.6. The number of amides is 1. The molecule has 1 aromatic rings. The fraction of sp³-hybridized carbons (Fsp3) is 0.533. The van der Waals surface area contributed by atoms with Gasteiger partial charge < -0.3 is 24.8 Å². The Kier molecular flexibility index (Phi) is 6.30. The summed E-state index contributed by atoms with van der Waals surface area (Å²) in [7, 11) is 6.28. The first kappa shape index (κ1) is 17.1. The summed E-state index contributed by atoms with van der Waals surface area (Å²) in [5.41, 5.74) is 6.03. The number of methoxy groups -OCH3 is 3. The van der Waals surface area contributed by atoms with Crippen LogP contribution in [0.1, 0.15) is 17.3 Å². The van der Waals surface area contributed by atoms with Gasteiger partial charge in [-0.15, -0.1) is 0 Å². The second-order valence-corrected chi connectivity index (χ2v) is 4.91. The Hall–Kier alpha value is -1.95. The number of hydrogen-bond donors (Lipinski definition) is 1. The Morgan fingerprint density at radius 3 is 2.29 bits per heavy atom. The van der Waals surface area contributed by atoms with Gasteiger partial charge in [0.2, 0.25) is 5.75 Å². The standard InChI is InChI=1S/C15H24N2O4/c1-10(8-16)9-17(2)15(18)11-6-7-12(19-3)14(21-5)13(11)20-4/h6-7,10H,8-9,16H2,1-5H3. The largest absolute Gasteiger partial charge is 0.493 e. The van der Waals surface area contributed by atoms with Crippen molar-refractivity contribution in [2.75, 3.05) is 41.5 Å². The van der Waals surface area contributed by atoms with E-state index in [2.05, 4.69) is 0 Å². The average Bonchev–Trinajstić information content (AvgIpc) is 2.51. The number of hydrogen-bond acceptors (Lipinski definition) is 5. The lowest BCUT2D eigenvalue weighted by Crippen LogP contribution is -2.33. The van der Waals surface area contributed by atoms with E-state index in [0.717, 1.165) is 0 Å². The van der Waals surface area contributed by atoms with Gasteiger partial charge in [0.05, 0.1) is 26.9 Å². The number of nitrogens with zero attached hydrogens (tertiary/aromatic N) is 1. The molecule has 6 heteroatoms. The minimum atomic E-state index is -0.145. The second-order valence-electron chi connectivity index (χ2n) is 4.91. The molecule has 0 aliphatic rings. The molecule has 0 fully saturated rings. The highest BCUT2D eigenvalue weighted by Gasteiger charge is 2.23. The third-order valence-corrected chi connectivity index (χ3v) is 3.27. The minimum absolute atomic E-state index is 0.145. The Balaban J connectivity index is 3.15. The normalized spacial score (nSPS) is 11.7. The molecule has 0 spiro atoms. The molecule has 0 bridgehead atoms. The first-order valence-electron chi connectivity index (χ1n) is 6.74. The zero-order valence-corrected chi connectivity index (χ0v) is 13.3. The molecule has 118 valence electrons. The van der Waals surface area contributed by atoms with E-state index in [1.165, 1.54) is 21.3 Å². The third-order valence-electron chi connectivity index (χ3n) is 3.27. The molecular formula is C15H24N2O4. The first-order valence-corrected chi connectivity index (χ1v) is 6.74. The maximum atomic E-state index is 12.6. The van der Waals surface area contributed by atoms with Crippen LogP contribution in [0, 0.1) is 5.92 Å². The predicted octanol–water partition coefficient (Wildman–Crippen LogP) is 1.38. The summed E-state index contributed by atoms with van der Waals surface area (Å²) in [6, 6.07) is 3.36. The van der Waals surface area contributed by atoms with Gasteiger partial charge in [-0.1, -0.05) is 6.92 Å². The Labute approximate surface area is 125 Å². The lowest BCUT2D eigenvalue weighted by atomic mass is 10.1. The lowest BCUT2D eigenvalue weighted by molar-refractivity contribution is 0.0773. The number of benzene rings is 1. The molecule has 6 nitrogen and oxygen atoms in total.